The third kappa shape index (κ3) is 4.32. The third-order valence-electron chi connectivity index (χ3n) is 4.13. The number of rotatable bonds is 8. The lowest BCUT2D eigenvalue weighted by Crippen LogP contribution is -2.20. The molecule has 0 saturated heterocycles. The number of halogens is 1. The van der Waals surface area contributed by atoms with Gasteiger partial charge in [-0.1, -0.05) is 67.1 Å². The second kappa shape index (κ2) is 8.06. The highest BCUT2D eigenvalue weighted by Gasteiger charge is 2.22. The first kappa shape index (κ1) is 15.1. The van der Waals surface area contributed by atoms with Crippen molar-refractivity contribution in [3.05, 3.63) is 33.8 Å². The number of nitrogens with one attached hydrogen (secondary N) is 1. The quantitative estimate of drug-likeness (QED) is 0.633. The minimum Gasteiger partial charge on any atom is -0.310 e. The Labute approximate surface area is 126 Å². The van der Waals surface area contributed by atoms with Crippen LogP contribution in [0.2, 0.25) is 0 Å². The summed E-state index contributed by atoms with van der Waals surface area (Å²) in [6.45, 7) is 3.44. The van der Waals surface area contributed by atoms with E-state index in [0.29, 0.717) is 6.04 Å². The minimum absolute atomic E-state index is 0.586. The van der Waals surface area contributed by atoms with Crippen molar-refractivity contribution in [1.82, 2.24) is 5.32 Å². The SMILES string of the molecule is CCCCCCCCNC1CCc2c(Br)cccc21. The number of hydrogen-bond donors (Lipinski definition) is 1. The molecular formula is C17H26BrN. The lowest BCUT2D eigenvalue weighted by molar-refractivity contribution is 0.501. The van der Waals surface area contributed by atoms with Crippen LogP contribution in [-0.2, 0) is 6.42 Å². The summed E-state index contributed by atoms with van der Waals surface area (Å²) in [7, 11) is 0. The van der Waals surface area contributed by atoms with Crippen LogP contribution < -0.4 is 5.32 Å². The van der Waals surface area contributed by atoms with E-state index in [1.165, 1.54) is 73.5 Å². The van der Waals surface area contributed by atoms with Gasteiger partial charge in [0.25, 0.3) is 0 Å². The van der Waals surface area contributed by atoms with Gasteiger partial charge in [-0.15, -0.1) is 0 Å². The Balaban J connectivity index is 1.67. The van der Waals surface area contributed by atoms with E-state index < -0.39 is 0 Å². The van der Waals surface area contributed by atoms with E-state index in [9.17, 15) is 0 Å². The number of fused-ring (bicyclic) bond motifs is 1. The molecule has 0 amide bonds. The van der Waals surface area contributed by atoms with E-state index in [1.807, 2.05) is 0 Å². The highest BCUT2D eigenvalue weighted by Crippen LogP contribution is 2.35. The highest BCUT2D eigenvalue weighted by atomic mass is 79.9. The number of hydrogen-bond acceptors (Lipinski definition) is 1. The van der Waals surface area contributed by atoms with Crippen LogP contribution in [0.15, 0.2) is 22.7 Å². The van der Waals surface area contributed by atoms with Crippen molar-refractivity contribution in [1.29, 1.82) is 0 Å². The molecule has 0 spiro atoms. The Morgan fingerprint density at radius 3 is 2.79 bits per heavy atom. The molecule has 1 aromatic carbocycles. The van der Waals surface area contributed by atoms with Gasteiger partial charge in [0, 0.05) is 10.5 Å². The molecule has 1 aliphatic rings. The summed E-state index contributed by atoms with van der Waals surface area (Å²) in [6.07, 6.45) is 10.7. The van der Waals surface area contributed by atoms with Gasteiger partial charge in [0.1, 0.15) is 0 Å². The zero-order valence-electron chi connectivity index (χ0n) is 12.1. The van der Waals surface area contributed by atoms with Crippen LogP contribution in [0.25, 0.3) is 0 Å². The molecule has 0 saturated carbocycles. The fourth-order valence-corrected chi connectivity index (χ4v) is 3.58. The smallest absolute Gasteiger partial charge is 0.0326 e. The van der Waals surface area contributed by atoms with Crippen molar-refractivity contribution in [2.75, 3.05) is 6.54 Å². The van der Waals surface area contributed by atoms with Crippen LogP contribution >= 0.6 is 15.9 Å². The maximum atomic E-state index is 3.74. The zero-order valence-corrected chi connectivity index (χ0v) is 13.6. The van der Waals surface area contributed by atoms with Crippen LogP contribution in [0.1, 0.15) is 69.0 Å². The summed E-state index contributed by atoms with van der Waals surface area (Å²) in [4.78, 5) is 0. The second-order valence-electron chi connectivity index (χ2n) is 5.62. The minimum atomic E-state index is 0.586. The summed E-state index contributed by atoms with van der Waals surface area (Å²) < 4.78 is 1.29. The summed E-state index contributed by atoms with van der Waals surface area (Å²) in [5.74, 6) is 0. The molecule has 0 aromatic heterocycles. The standard InChI is InChI=1S/C17H26BrN/c1-2-3-4-5-6-7-13-19-17-12-11-14-15(17)9-8-10-16(14)18/h8-10,17,19H,2-7,11-13H2,1H3. The Kier molecular flexibility index (Phi) is 6.39. The van der Waals surface area contributed by atoms with Crippen LogP contribution in [0.4, 0.5) is 0 Å². The predicted octanol–water partition coefficient (Wildman–Crippen LogP) is 5.39. The molecule has 2 rings (SSSR count). The Morgan fingerprint density at radius 2 is 1.95 bits per heavy atom. The Morgan fingerprint density at radius 1 is 1.16 bits per heavy atom. The van der Waals surface area contributed by atoms with Crippen LogP contribution in [0.5, 0.6) is 0 Å². The van der Waals surface area contributed by atoms with Crippen molar-refractivity contribution in [2.45, 2.75) is 64.3 Å². The molecule has 1 aromatic rings. The van der Waals surface area contributed by atoms with Crippen molar-refractivity contribution in [3.63, 3.8) is 0 Å². The summed E-state index contributed by atoms with van der Waals surface area (Å²) in [5, 5.41) is 3.74. The molecular weight excluding hydrogens is 298 g/mol. The van der Waals surface area contributed by atoms with Gasteiger partial charge in [-0.25, -0.2) is 0 Å². The maximum absolute atomic E-state index is 3.74. The monoisotopic (exact) mass is 323 g/mol. The first-order chi connectivity index (χ1) is 9.33. The van der Waals surface area contributed by atoms with E-state index in [0.717, 1.165) is 0 Å². The zero-order chi connectivity index (χ0) is 13.5. The van der Waals surface area contributed by atoms with Gasteiger partial charge in [-0.05, 0) is 43.0 Å². The molecule has 0 aliphatic heterocycles. The average molecular weight is 324 g/mol. The largest absolute Gasteiger partial charge is 0.310 e. The van der Waals surface area contributed by atoms with Crippen LogP contribution in [0, 0.1) is 0 Å². The number of unbranched alkanes of at least 4 members (excludes halogenated alkanes) is 5. The van der Waals surface area contributed by atoms with Gasteiger partial charge in [0.05, 0.1) is 0 Å². The molecule has 0 radical (unpaired) electrons. The van der Waals surface area contributed by atoms with E-state index in [-0.39, 0.29) is 0 Å². The first-order valence-electron chi connectivity index (χ1n) is 7.83. The van der Waals surface area contributed by atoms with Crippen molar-refractivity contribution in [2.24, 2.45) is 0 Å². The molecule has 0 bridgehead atoms. The summed E-state index contributed by atoms with van der Waals surface area (Å²) >= 11 is 3.66. The molecule has 0 heterocycles. The summed E-state index contributed by atoms with van der Waals surface area (Å²) in [6, 6.07) is 7.19. The lowest BCUT2D eigenvalue weighted by Gasteiger charge is -2.14. The van der Waals surface area contributed by atoms with Crippen molar-refractivity contribution in [3.8, 4) is 0 Å². The van der Waals surface area contributed by atoms with E-state index >= 15 is 0 Å². The van der Waals surface area contributed by atoms with E-state index in [4.69, 9.17) is 0 Å². The molecule has 19 heavy (non-hydrogen) atoms. The lowest BCUT2D eigenvalue weighted by atomic mass is 10.1. The van der Waals surface area contributed by atoms with Gasteiger partial charge < -0.3 is 5.32 Å². The molecule has 1 unspecified atom stereocenters. The van der Waals surface area contributed by atoms with E-state index in [2.05, 4.69) is 46.4 Å². The fourth-order valence-electron chi connectivity index (χ4n) is 3.00. The fraction of sp³-hybridized carbons (Fsp3) is 0.647. The van der Waals surface area contributed by atoms with Gasteiger partial charge in [-0.2, -0.15) is 0 Å². The second-order valence-corrected chi connectivity index (χ2v) is 6.48. The highest BCUT2D eigenvalue weighted by molar-refractivity contribution is 9.10. The Bertz CT molecular complexity index is 389. The van der Waals surface area contributed by atoms with E-state index in [1.54, 1.807) is 0 Å². The van der Waals surface area contributed by atoms with Gasteiger partial charge in [-0.3, -0.25) is 0 Å². The molecule has 1 nitrogen and oxygen atoms in total. The topological polar surface area (TPSA) is 12.0 Å². The predicted molar refractivity (Wildman–Crippen MR) is 86.6 cm³/mol. The van der Waals surface area contributed by atoms with Gasteiger partial charge >= 0.3 is 0 Å². The van der Waals surface area contributed by atoms with Gasteiger partial charge in [0.15, 0.2) is 0 Å². The Hall–Kier alpha value is -0.340. The number of benzene rings is 1. The normalized spacial score (nSPS) is 17.7. The maximum Gasteiger partial charge on any atom is 0.0326 e. The van der Waals surface area contributed by atoms with Gasteiger partial charge in [0.2, 0.25) is 0 Å². The van der Waals surface area contributed by atoms with Crippen molar-refractivity contribution >= 4 is 15.9 Å². The third-order valence-corrected chi connectivity index (χ3v) is 4.88. The van der Waals surface area contributed by atoms with Crippen molar-refractivity contribution < 1.29 is 0 Å². The molecule has 1 atom stereocenters. The van der Waals surface area contributed by atoms with Crippen LogP contribution in [-0.4, -0.2) is 6.54 Å². The molecule has 1 N–H and O–H groups in total. The van der Waals surface area contributed by atoms with Crippen LogP contribution in [0.3, 0.4) is 0 Å². The first-order valence-corrected chi connectivity index (χ1v) is 8.63. The molecule has 2 heteroatoms. The molecule has 1 aliphatic carbocycles. The summed E-state index contributed by atoms with van der Waals surface area (Å²) in [5.41, 5.74) is 3.03. The molecule has 106 valence electrons. The average Bonchev–Trinajstić information content (AvgIpc) is 2.83. The molecule has 0 fully saturated rings.